The fraction of sp³-hybridized carbons (Fsp3) is 0.533. The Hall–Kier alpha value is -2.75. The number of hydrogen-bond acceptors (Lipinski definition) is 7. The second-order valence-electron chi connectivity index (χ2n) is 5.99. The lowest BCUT2D eigenvalue weighted by atomic mass is 10.2. The maximum Gasteiger partial charge on any atom is 0.246 e. The van der Waals surface area contributed by atoms with Gasteiger partial charge in [0.05, 0.1) is 0 Å². The largest absolute Gasteiger partial charge is 0.375 e. The number of fused-ring (bicyclic) bond motifs is 1. The van der Waals surface area contributed by atoms with Crippen LogP contribution in [0.1, 0.15) is 13.3 Å². The molecule has 1 aliphatic rings. The van der Waals surface area contributed by atoms with Crippen LogP contribution < -0.4 is 15.5 Å². The van der Waals surface area contributed by atoms with E-state index in [1.54, 1.807) is 17.8 Å². The van der Waals surface area contributed by atoms with Gasteiger partial charge in [-0.2, -0.15) is 4.52 Å². The maximum atomic E-state index is 12.2. The SMILES string of the molecule is COCC(=O)NC(C)C(=O)NC1CCN(c2ccc3nncn3n2)C1. The minimum atomic E-state index is -0.608. The first-order chi connectivity index (χ1) is 12.1. The number of hydrogen-bond donors (Lipinski definition) is 2. The van der Waals surface area contributed by atoms with E-state index < -0.39 is 6.04 Å². The van der Waals surface area contributed by atoms with Crippen molar-refractivity contribution in [2.45, 2.75) is 25.4 Å². The number of anilines is 1. The van der Waals surface area contributed by atoms with Crippen LogP contribution in [0, 0.1) is 0 Å². The molecule has 2 aromatic heterocycles. The van der Waals surface area contributed by atoms with Crippen molar-refractivity contribution in [1.29, 1.82) is 0 Å². The number of rotatable bonds is 6. The normalized spacial score (nSPS) is 18.3. The fourth-order valence-electron chi connectivity index (χ4n) is 2.78. The fourth-order valence-corrected chi connectivity index (χ4v) is 2.78. The molecule has 0 aliphatic carbocycles. The molecule has 0 spiro atoms. The van der Waals surface area contributed by atoms with Crippen LogP contribution in [0.25, 0.3) is 5.65 Å². The maximum absolute atomic E-state index is 12.2. The summed E-state index contributed by atoms with van der Waals surface area (Å²) in [6.07, 6.45) is 2.37. The summed E-state index contributed by atoms with van der Waals surface area (Å²) < 4.78 is 6.36. The first kappa shape index (κ1) is 17.1. The molecule has 1 aliphatic heterocycles. The number of carbonyl (C=O) groups is 2. The summed E-state index contributed by atoms with van der Waals surface area (Å²) in [4.78, 5) is 25.8. The molecule has 2 amide bonds. The molecule has 10 nitrogen and oxygen atoms in total. The molecule has 2 N–H and O–H groups in total. The smallest absolute Gasteiger partial charge is 0.246 e. The van der Waals surface area contributed by atoms with E-state index in [9.17, 15) is 9.59 Å². The van der Waals surface area contributed by atoms with Crippen molar-refractivity contribution < 1.29 is 14.3 Å². The zero-order valence-corrected chi connectivity index (χ0v) is 14.2. The summed E-state index contributed by atoms with van der Waals surface area (Å²) in [5, 5.41) is 17.8. The average Bonchev–Trinajstić information content (AvgIpc) is 3.23. The van der Waals surface area contributed by atoms with Crippen molar-refractivity contribution in [3.05, 3.63) is 18.5 Å². The van der Waals surface area contributed by atoms with Crippen molar-refractivity contribution in [2.75, 3.05) is 31.7 Å². The molecule has 1 fully saturated rings. The highest BCUT2D eigenvalue weighted by molar-refractivity contribution is 5.87. The van der Waals surface area contributed by atoms with Crippen LogP contribution >= 0.6 is 0 Å². The van der Waals surface area contributed by atoms with Gasteiger partial charge in [-0.1, -0.05) is 0 Å². The van der Waals surface area contributed by atoms with Crippen LogP contribution in [0.4, 0.5) is 5.82 Å². The number of nitrogens with zero attached hydrogens (tertiary/aromatic N) is 5. The van der Waals surface area contributed by atoms with Crippen molar-refractivity contribution in [2.24, 2.45) is 0 Å². The molecule has 0 saturated carbocycles. The van der Waals surface area contributed by atoms with Gasteiger partial charge >= 0.3 is 0 Å². The molecule has 3 rings (SSSR count). The van der Waals surface area contributed by atoms with Gasteiger partial charge < -0.3 is 20.3 Å². The summed E-state index contributed by atoms with van der Waals surface area (Å²) in [6.45, 7) is 3.03. The molecule has 134 valence electrons. The molecule has 10 heteroatoms. The Labute approximate surface area is 144 Å². The van der Waals surface area contributed by atoms with E-state index in [-0.39, 0.29) is 24.5 Å². The van der Waals surface area contributed by atoms with Gasteiger partial charge in [0.25, 0.3) is 0 Å². The standard InChI is InChI=1S/C15H21N7O3/c1-10(17-14(23)8-25-2)15(24)18-11-5-6-21(7-11)13-4-3-12-19-16-9-22(12)20-13/h3-4,9-11H,5-8H2,1-2H3,(H,17,23)(H,18,24). The predicted octanol–water partition coefficient (Wildman–Crippen LogP) is -1.03. The van der Waals surface area contributed by atoms with Crippen LogP contribution in [-0.4, -0.2) is 70.5 Å². The molecule has 3 heterocycles. The molecule has 2 aromatic rings. The first-order valence-corrected chi connectivity index (χ1v) is 8.07. The molecule has 2 unspecified atom stereocenters. The van der Waals surface area contributed by atoms with Gasteiger partial charge in [-0.15, -0.1) is 15.3 Å². The molecule has 0 bridgehead atoms. The monoisotopic (exact) mass is 347 g/mol. The molecular formula is C15H21N7O3. The Morgan fingerprint density at radius 1 is 1.44 bits per heavy atom. The third-order valence-electron chi connectivity index (χ3n) is 4.05. The van der Waals surface area contributed by atoms with Gasteiger partial charge in [0.1, 0.15) is 24.8 Å². The molecule has 25 heavy (non-hydrogen) atoms. The molecule has 2 atom stereocenters. The summed E-state index contributed by atoms with van der Waals surface area (Å²) in [5.74, 6) is 0.286. The highest BCUT2D eigenvalue weighted by Crippen LogP contribution is 2.18. The third kappa shape index (κ3) is 4.02. The highest BCUT2D eigenvalue weighted by atomic mass is 16.5. The van der Waals surface area contributed by atoms with Gasteiger partial charge in [-0.3, -0.25) is 9.59 Å². The summed E-state index contributed by atoms with van der Waals surface area (Å²) in [5.41, 5.74) is 0.688. The van der Waals surface area contributed by atoms with Gasteiger partial charge in [0.2, 0.25) is 11.8 Å². The van der Waals surface area contributed by atoms with Crippen LogP contribution in [0.3, 0.4) is 0 Å². The summed E-state index contributed by atoms with van der Waals surface area (Å²) in [6, 6.07) is 3.15. The van der Waals surface area contributed by atoms with Gasteiger partial charge in [-0.05, 0) is 25.5 Å². The van der Waals surface area contributed by atoms with E-state index in [2.05, 4.69) is 30.8 Å². The second-order valence-corrected chi connectivity index (χ2v) is 5.99. The lowest BCUT2D eigenvalue weighted by Gasteiger charge is -2.19. The van der Waals surface area contributed by atoms with E-state index in [1.165, 1.54) is 7.11 Å². The van der Waals surface area contributed by atoms with Crippen molar-refractivity contribution in [3.8, 4) is 0 Å². The highest BCUT2D eigenvalue weighted by Gasteiger charge is 2.27. The minimum Gasteiger partial charge on any atom is -0.375 e. The quantitative estimate of drug-likeness (QED) is 0.687. The van der Waals surface area contributed by atoms with Crippen LogP contribution in [0.2, 0.25) is 0 Å². The van der Waals surface area contributed by atoms with Crippen LogP contribution in [-0.2, 0) is 14.3 Å². The predicted molar refractivity (Wildman–Crippen MR) is 89.0 cm³/mol. The summed E-state index contributed by atoms with van der Waals surface area (Å²) >= 11 is 0. The lowest BCUT2D eigenvalue weighted by molar-refractivity contribution is -0.130. The van der Waals surface area contributed by atoms with Crippen molar-refractivity contribution >= 4 is 23.3 Å². The van der Waals surface area contributed by atoms with E-state index >= 15 is 0 Å². The number of ether oxygens (including phenoxy) is 1. The van der Waals surface area contributed by atoms with E-state index in [0.717, 1.165) is 18.8 Å². The number of nitrogens with one attached hydrogen (secondary N) is 2. The molecular weight excluding hydrogens is 326 g/mol. The number of aromatic nitrogens is 4. The second kappa shape index (κ2) is 7.43. The minimum absolute atomic E-state index is 0.00712. The zero-order valence-electron chi connectivity index (χ0n) is 14.2. The Morgan fingerprint density at radius 2 is 2.28 bits per heavy atom. The Bertz CT molecular complexity index is 762. The van der Waals surface area contributed by atoms with Gasteiger partial charge in [0.15, 0.2) is 5.65 Å². The zero-order chi connectivity index (χ0) is 17.8. The van der Waals surface area contributed by atoms with E-state index in [0.29, 0.717) is 12.2 Å². The van der Waals surface area contributed by atoms with Crippen LogP contribution in [0.15, 0.2) is 18.5 Å². The first-order valence-electron chi connectivity index (χ1n) is 8.07. The number of amides is 2. The Kier molecular flexibility index (Phi) is 5.08. The van der Waals surface area contributed by atoms with E-state index in [1.807, 2.05) is 12.1 Å². The van der Waals surface area contributed by atoms with Gasteiger partial charge in [-0.25, -0.2) is 0 Å². The Balaban J connectivity index is 1.53. The lowest BCUT2D eigenvalue weighted by Crippen LogP contribution is -2.49. The van der Waals surface area contributed by atoms with Gasteiger partial charge in [0, 0.05) is 26.2 Å². The van der Waals surface area contributed by atoms with Crippen LogP contribution in [0.5, 0.6) is 0 Å². The van der Waals surface area contributed by atoms with E-state index in [4.69, 9.17) is 4.74 Å². The molecule has 0 aromatic carbocycles. The Morgan fingerprint density at radius 3 is 3.08 bits per heavy atom. The molecule has 1 saturated heterocycles. The third-order valence-corrected chi connectivity index (χ3v) is 4.05. The topological polar surface area (TPSA) is 114 Å². The molecule has 0 radical (unpaired) electrons. The summed E-state index contributed by atoms with van der Waals surface area (Å²) in [7, 11) is 1.43. The van der Waals surface area contributed by atoms with Crippen molar-refractivity contribution in [1.82, 2.24) is 30.4 Å². The average molecular weight is 347 g/mol. The number of carbonyl (C=O) groups excluding carboxylic acids is 2. The number of methoxy groups -OCH3 is 1. The van der Waals surface area contributed by atoms with Crippen molar-refractivity contribution in [3.63, 3.8) is 0 Å².